The third kappa shape index (κ3) is 4.50. The molecule has 0 bridgehead atoms. The highest BCUT2D eigenvalue weighted by atomic mass is 35.5. The highest BCUT2D eigenvalue weighted by Crippen LogP contribution is 2.37. The van der Waals surface area contributed by atoms with E-state index in [4.69, 9.17) is 16.0 Å². The van der Waals surface area contributed by atoms with E-state index in [0.29, 0.717) is 32.1 Å². The summed E-state index contributed by atoms with van der Waals surface area (Å²) < 4.78 is 42.5. The summed E-state index contributed by atoms with van der Waals surface area (Å²) >= 11 is 6.95. The fourth-order valence-electron chi connectivity index (χ4n) is 2.45. The molecule has 0 fully saturated rings. The maximum absolute atomic E-state index is 13.3. The van der Waals surface area contributed by atoms with Gasteiger partial charge >= 0.3 is 0 Å². The number of oxazole rings is 1. The van der Waals surface area contributed by atoms with Crippen LogP contribution < -0.4 is 0 Å². The highest BCUT2D eigenvalue weighted by molar-refractivity contribution is 7.99. The molecule has 0 saturated carbocycles. The minimum absolute atomic E-state index is 0.0521. The molecule has 0 aliphatic heterocycles. The predicted octanol–water partition coefficient (Wildman–Crippen LogP) is 4.54. The number of pyridine rings is 1. The summed E-state index contributed by atoms with van der Waals surface area (Å²) in [6, 6.07) is 8.67. The Morgan fingerprint density at radius 2 is 1.63 bits per heavy atom. The van der Waals surface area contributed by atoms with Crippen molar-refractivity contribution in [3.63, 3.8) is 0 Å². The Bertz CT molecular complexity index is 1290. The van der Waals surface area contributed by atoms with Gasteiger partial charge in [-0.25, -0.2) is 32.7 Å². The second kappa shape index (κ2) is 8.13. The normalized spacial score (nSPS) is 11.6. The van der Waals surface area contributed by atoms with E-state index < -0.39 is 9.84 Å². The molecule has 0 saturated heterocycles. The average Bonchev–Trinajstić information content (AvgIpc) is 3.13. The quantitative estimate of drug-likeness (QED) is 0.398. The Labute approximate surface area is 180 Å². The second-order valence-corrected chi connectivity index (χ2v) is 9.44. The van der Waals surface area contributed by atoms with E-state index in [1.54, 1.807) is 18.2 Å². The van der Waals surface area contributed by atoms with Gasteiger partial charge in [-0.05, 0) is 48.2 Å². The lowest BCUT2D eigenvalue weighted by molar-refractivity contribution is 0.485. The van der Waals surface area contributed by atoms with Crippen LogP contribution >= 0.6 is 23.4 Å². The molecule has 0 unspecified atom stereocenters. The van der Waals surface area contributed by atoms with Crippen LogP contribution in [0.15, 0.2) is 74.7 Å². The molecule has 0 aliphatic carbocycles. The summed E-state index contributed by atoms with van der Waals surface area (Å²) in [6.45, 7) is 0. The number of benzene rings is 1. The zero-order valence-electron chi connectivity index (χ0n) is 15.3. The van der Waals surface area contributed by atoms with E-state index in [-0.39, 0.29) is 16.7 Å². The first-order valence-corrected chi connectivity index (χ1v) is 11.5. The Hall–Kier alpha value is -2.82. The fourth-order valence-corrected chi connectivity index (χ4v) is 3.86. The van der Waals surface area contributed by atoms with Crippen molar-refractivity contribution in [1.29, 1.82) is 0 Å². The van der Waals surface area contributed by atoms with Crippen molar-refractivity contribution < 1.29 is 17.2 Å². The van der Waals surface area contributed by atoms with E-state index in [1.807, 2.05) is 0 Å². The van der Waals surface area contributed by atoms with Gasteiger partial charge < -0.3 is 4.42 Å². The SMILES string of the molecule is CS(=O)(=O)c1ccc(-c2nc(-c3ccc(F)cc3)oc2Sc2ncc(Cl)cn2)cn1. The van der Waals surface area contributed by atoms with E-state index >= 15 is 0 Å². The van der Waals surface area contributed by atoms with Gasteiger partial charge in [-0.3, -0.25) is 0 Å². The first-order chi connectivity index (χ1) is 14.3. The van der Waals surface area contributed by atoms with Crippen molar-refractivity contribution in [3.8, 4) is 22.7 Å². The Morgan fingerprint density at radius 3 is 2.23 bits per heavy atom. The van der Waals surface area contributed by atoms with Crippen LogP contribution in [0.2, 0.25) is 5.02 Å². The number of hydrogen-bond donors (Lipinski definition) is 0. The van der Waals surface area contributed by atoms with Crippen LogP contribution in [0.25, 0.3) is 22.7 Å². The van der Waals surface area contributed by atoms with Gasteiger partial charge in [-0.1, -0.05) is 11.6 Å². The maximum atomic E-state index is 13.3. The number of nitrogens with zero attached hydrogens (tertiary/aromatic N) is 4. The van der Waals surface area contributed by atoms with Crippen LogP contribution in [0.5, 0.6) is 0 Å². The van der Waals surface area contributed by atoms with Crippen molar-refractivity contribution >= 4 is 33.2 Å². The van der Waals surface area contributed by atoms with E-state index in [2.05, 4.69) is 19.9 Å². The van der Waals surface area contributed by atoms with Gasteiger partial charge in [0.25, 0.3) is 0 Å². The summed E-state index contributed by atoms with van der Waals surface area (Å²) in [5, 5.41) is 1.09. The predicted molar refractivity (Wildman–Crippen MR) is 109 cm³/mol. The van der Waals surface area contributed by atoms with Gasteiger partial charge in [0.15, 0.2) is 25.1 Å². The van der Waals surface area contributed by atoms with Gasteiger partial charge in [0, 0.05) is 23.6 Å². The van der Waals surface area contributed by atoms with Crippen LogP contribution in [0.1, 0.15) is 0 Å². The van der Waals surface area contributed by atoms with E-state index in [0.717, 1.165) is 18.0 Å². The highest BCUT2D eigenvalue weighted by Gasteiger charge is 2.20. The molecule has 7 nitrogen and oxygen atoms in total. The molecule has 0 spiro atoms. The molecule has 1 aromatic carbocycles. The molecule has 3 aromatic heterocycles. The Morgan fingerprint density at radius 1 is 0.967 bits per heavy atom. The molecule has 4 rings (SSSR count). The van der Waals surface area contributed by atoms with Crippen LogP contribution in [-0.2, 0) is 9.84 Å². The van der Waals surface area contributed by atoms with Crippen LogP contribution in [0, 0.1) is 5.82 Å². The molecule has 0 radical (unpaired) electrons. The number of rotatable bonds is 5. The lowest BCUT2D eigenvalue weighted by Crippen LogP contribution is -1.99. The van der Waals surface area contributed by atoms with E-state index in [9.17, 15) is 12.8 Å². The molecule has 30 heavy (non-hydrogen) atoms. The van der Waals surface area contributed by atoms with Crippen molar-refractivity contribution in [2.45, 2.75) is 15.3 Å². The van der Waals surface area contributed by atoms with Crippen molar-refractivity contribution in [3.05, 3.63) is 65.8 Å². The van der Waals surface area contributed by atoms with E-state index in [1.165, 1.54) is 36.8 Å². The van der Waals surface area contributed by atoms with Gasteiger partial charge in [-0.15, -0.1) is 0 Å². The monoisotopic (exact) mass is 462 g/mol. The summed E-state index contributed by atoms with van der Waals surface area (Å²) in [7, 11) is -3.43. The van der Waals surface area contributed by atoms with Gasteiger partial charge in [0.2, 0.25) is 5.89 Å². The molecule has 4 aromatic rings. The standard InChI is InChI=1S/C19H12ClFN4O3S2/c1-30(26,27)15-7-4-12(8-22-15)16-18(29-19-23-9-13(20)10-24-19)28-17(25-16)11-2-5-14(21)6-3-11/h2-10H,1H3. The van der Waals surface area contributed by atoms with Crippen molar-refractivity contribution in [1.82, 2.24) is 19.9 Å². The third-order valence-corrected chi connectivity index (χ3v) is 5.91. The number of aromatic nitrogens is 4. The van der Waals surface area contributed by atoms with Crippen LogP contribution in [0.3, 0.4) is 0 Å². The fraction of sp³-hybridized carbons (Fsp3) is 0.0526. The molecule has 152 valence electrons. The first-order valence-electron chi connectivity index (χ1n) is 8.38. The summed E-state index contributed by atoms with van der Waals surface area (Å²) in [5.74, 6) is -0.121. The zero-order chi connectivity index (χ0) is 21.3. The van der Waals surface area contributed by atoms with Gasteiger partial charge in [0.1, 0.15) is 11.5 Å². The molecular formula is C19H12ClFN4O3S2. The molecule has 11 heteroatoms. The minimum atomic E-state index is -3.43. The Balaban J connectivity index is 1.78. The lowest BCUT2D eigenvalue weighted by atomic mass is 10.2. The Kier molecular flexibility index (Phi) is 5.54. The summed E-state index contributed by atoms with van der Waals surface area (Å²) in [6.07, 6.45) is 5.39. The zero-order valence-corrected chi connectivity index (χ0v) is 17.7. The second-order valence-electron chi connectivity index (χ2n) is 6.11. The third-order valence-electron chi connectivity index (χ3n) is 3.86. The summed E-state index contributed by atoms with van der Waals surface area (Å²) in [5.41, 5.74) is 1.53. The smallest absolute Gasteiger partial charge is 0.228 e. The summed E-state index contributed by atoms with van der Waals surface area (Å²) in [4.78, 5) is 16.8. The van der Waals surface area contributed by atoms with Crippen molar-refractivity contribution in [2.75, 3.05) is 6.26 Å². The number of hydrogen-bond acceptors (Lipinski definition) is 8. The molecule has 0 atom stereocenters. The van der Waals surface area contributed by atoms with Crippen LogP contribution in [-0.4, -0.2) is 34.6 Å². The lowest BCUT2D eigenvalue weighted by Gasteiger charge is -2.02. The minimum Gasteiger partial charge on any atom is -0.429 e. The van der Waals surface area contributed by atoms with Gasteiger partial charge in [0.05, 0.1) is 17.4 Å². The molecule has 3 heterocycles. The van der Waals surface area contributed by atoms with Gasteiger partial charge in [-0.2, -0.15) is 0 Å². The average molecular weight is 463 g/mol. The first kappa shape index (κ1) is 20.5. The molecule has 0 amide bonds. The molecule has 0 aliphatic rings. The van der Waals surface area contributed by atoms with Crippen molar-refractivity contribution in [2.24, 2.45) is 0 Å². The molecule has 0 N–H and O–H groups in total. The number of sulfone groups is 1. The molecular weight excluding hydrogens is 451 g/mol. The largest absolute Gasteiger partial charge is 0.429 e. The number of halogens is 2. The maximum Gasteiger partial charge on any atom is 0.228 e. The van der Waals surface area contributed by atoms with Crippen LogP contribution in [0.4, 0.5) is 4.39 Å². The topological polar surface area (TPSA) is 98.8 Å².